The highest BCUT2D eigenvalue weighted by atomic mass is 16.2. The quantitative estimate of drug-likeness (QED) is 0.623. The number of nitrogens with one attached hydrogen (secondary N) is 2. The number of allylic oxidation sites excluding steroid dienone is 1. The molecule has 1 saturated heterocycles. The van der Waals surface area contributed by atoms with Crippen LogP contribution in [0.5, 0.6) is 0 Å². The van der Waals surface area contributed by atoms with Crippen LogP contribution in [-0.4, -0.2) is 75.8 Å². The second-order valence-electron chi connectivity index (χ2n) is 10.3. The molecule has 3 amide bonds. The maximum Gasteiger partial charge on any atom is 0.254 e. The van der Waals surface area contributed by atoms with Crippen LogP contribution in [0.15, 0.2) is 35.0 Å². The molecule has 0 aliphatic carbocycles. The molecule has 2 aromatic rings. The van der Waals surface area contributed by atoms with Gasteiger partial charge in [0.2, 0.25) is 5.91 Å². The minimum atomic E-state index is -0.474. The van der Waals surface area contributed by atoms with Gasteiger partial charge in [0.15, 0.2) is 5.65 Å². The van der Waals surface area contributed by atoms with E-state index in [1.165, 1.54) is 0 Å². The number of carbonyl (C=O) groups is 3. The molecule has 10 nitrogen and oxygen atoms in total. The van der Waals surface area contributed by atoms with Crippen molar-refractivity contribution in [1.82, 2.24) is 30.3 Å². The van der Waals surface area contributed by atoms with Gasteiger partial charge in [-0.2, -0.15) is 5.10 Å². The lowest BCUT2D eigenvalue weighted by atomic mass is 9.95. The number of rotatable bonds is 6. The third-order valence-electron chi connectivity index (χ3n) is 7.32. The Kier molecular flexibility index (Phi) is 6.76. The van der Waals surface area contributed by atoms with Crippen LogP contribution in [-0.2, 0) is 9.59 Å². The first-order chi connectivity index (χ1) is 17.7. The Labute approximate surface area is 215 Å². The number of aromatic nitrogens is 3. The van der Waals surface area contributed by atoms with Gasteiger partial charge in [-0.15, -0.1) is 0 Å². The molecule has 0 spiro atoms. The number of hydrogen-bond acceptors (Lipinski definition) is 6. The highest BCUT2D eigenvalue weighted by Crippen LogP contribution is 2.28. The molecular weight excluding hydrogens is 470 g/mol. The van der Waals surface area contributed by atoms with Crippen LogP contribution >= 0.6 is 0 Å². The lowest BCUT2D eigenvalue weighted by Crippen LogP contribution is -2.52. The Morgan fingerprint density at radius 3 is 2.65 bits per heavy atom. The van der Waals surface area contributed by atoms with Crippen molar-refractivity contribution < 1.29 is 14.4 Å². The van der Waals surface area contributed by atoms with E-state index in [1.807, 2.05) is 42.5 Å². The Hall–Kier alpha value is -3.66. The summed E-state index contributed by atoms with van der Waals surface area (Å²) in [6, 6.07) is 1.87. The summed E-state index contributed by atoms with van der Waals surface area (Å²) in [5, 5.41) is 11.2. The van der Waals surface area contributed by atoms with Crippen molar-refractivity contribution >= 4 is 40.0 Å². The number of carbonyl (C=O) groups excluding carboxylic acids is 3. The van der Waals surface area contributed by atoms with Gasteiger partial charge in [0, 0.05) is 44.5 Å². The molecule has 0 aromatic carbocycles. The zero-order chi connectivity index (χ0) is 26.3. The molecule has 5 rings (SSSR count). The highest BCUT2D eigenvalue weighted by Gasteiger charge is 2.31. The number of dihydropyridines is 1. The topological polar surface area (TPSA) is 122 Å². The van der Waals surface area contributed by atoms with Crippen molar-refractivity contribution in [2.45, 2.75) is 40.2 Å². The summed E-state index contributed by atoms with van der Waals surface area (Å²) in [7, 11) is 0. The number of amides is 3. The van der Waals surface area contributed by atoms with Gasteiger partial charge in [0.25, 0.3) is 11.8 Å². The molecule has 1 atom stereocenters. The molecule has 5 heterocycles. The molecule has 37 heavy (non-hydrogen) atoms. The van der Waals surface area contributed by atoms with E-state index >= 15 is 0 Å². The molecular formula is C27H33N7O3. The van der Waals surface area contributed by atoms with E-state index in [-0.39, 0.29) is 36.2 Å². The number of pyridine rings is 1. The number of hydrogen-bond donors (Lipinski definition) is 2. The van der Waals surface area contributed by atoms with Crippen LogP contribution in [0.25, 0.3) is 16.6 Å². The van der Waals surface area contributed by atoms with Crippen molar-refractivity contribution in [2.24, 2.45) is 16.8 Å². The third-order valence-corrected chi connectivity index (χ3v) is 7.32. The van der Waals surface area contributed by atoms with Crippen molar-refractivity contribution in [3.63, 3.8) is 0 Å². The fourth-order valence-electron chi connectivity index (χ4n) is 5.02. The van der Waals surface area contributed by atoms with Gasteiger partial charge < -0.3 is 15.5 Å². The van der Waals surface area contributed by atoms with Crippen LogP contribution in [0.4, 0.5) is 0 Å². The summed E-state index contributed by atoms with van der Waals surface area (Å²) in [5.74, 6) is -0.733. The fraction of sp³-hybridized carbons (Fsp3) is 0.481. The second kappa shape index (κ2) is 10.0. The maximum absolute atomic E-state index is 13.4. The van der Waals surface area contributed by atoms with E-state index in [4.69, 9.17) is 4.98 Å². The Bertz CT molecular complexity index is 1360. The van der Waals surface area contributed by atoms with Gasteiger partial charge in [0.1, 0.15) is 0 Å². The van der Waals surface area contributed by atoms with Crippen LogP contribution in [0.3, 0.4) is 0 Å². The van der Waals surface area contributed by atoms with E-state index in [9.17, 15) is 14.4 Å². The van der Waals surface area contributed by atoms with E-state index in [2.05, 4.69) is 20.7 Å². The second-order valence-corrected chi connectivity index (χ2v) is 10.3. The standard InChI is InChI=1S/C27H33N7O3/c1-15(2)34-24-22(14-30-34)20(25(35)29-13-21-16(3)9-17(4)31-26(21)36)10-23(32-24)18-5-7-33(8-6-18)27(37)19-11-28-12-19/h5,9-10,14-15,19,21,28H,6-8,11-13H2,1-4H3,(H,29,35). The summed E-state index contributed by atoms with van der Waals surface area (Å²) in [4.78, 5) is 49.3. The predicted octanol–water partition coefficient (Wildman–Crippen LogP) is 2.14. The first-order valence-corrected chi connectivity index (χ1v) is 12.9. The summed E-state index contributed by atoms with van der Waals surface area (Å²) in [6.07, 6.45) is 6.25. The van der Waals surface area contributed by atoms with Gasteiger partial charge >= 0.3 is 0 Å². The summed E-state index contributed by atoms with van der Waals surface area (Å²) >= 11 is 0. The van der Waals surface area contributed by atoms with Gasteiger partial charge in [-0.1, -0.05) is 11.6 Å². The molecule has 0 saturated carbocycles. The number of fused-ring (bicyclic) bond motifs is 1. The molecule has 3 aliphatic rings. The number of aliphatic imine (C=N–C) groups is 1. The third kappa shape index (κ3) is 4.85. The smallest absolute Gasteiger partial charge is 0.254 e. The van der Waals surface area contributed by atoms with Gasteiger partial charge in [0.05, 0.1) is 34.7 Å². The molecule has 0 radical (unpaired) electrons. The van der Waals surface area contributed by atoms with Crippen molar-refractivity contribution in [1.29, 1.82) is 0 Å². The van der Waals surface area contributed by atoms with E-state index < -0.39 is 5.92 Å². The summed E-state index contributed by atoms with van der Waals surface area (Å²) < 4.78 is 1.81. The Morgan fingerprint density at radius 1 is 1.24 bits per heavy atom. The van der Waals surface area contributed by atoms with Crippen LogP contribution < -0.4 is 10.6 Å². The Morgan fingerprint density at radius 2 is 2.03 bits per heavy atom. The molecule has 3 aliphatic heterocycles. The van der Waals surface area contributed by atoms with E-state index in [1.54, 1.807) is 19.2 Å². The molecule has 2 N–H and O–H groups in total. The van der Waals surface area contributed by atoms with Crippen LogP contribution in [0, 0.1) is 11.8 Å². The monoisotopic (exact) mass is 503 g/mol. The molecule has 2 aromatic heterocycles. The normalized spacial score (nSPS) is 20.5. The highest BCUT2D eigenvalue weighted by molar-refractivity contribution is 6.07. The average molecular weight is 504 g/mol. The lowest BCUT2D eigenvalue weighted by Gasteiger charge is -2.34. The minimum Gasteiger partial charge on any atom is -0.351 e. The van der Waals surface area contributed by atoms with Crippen molar-refractivity contribution in [2.75, 3.05) is 32.7 Å². The molecule has 10 heteroatoms. The maximum atomic E-state index is 13.4. The minimum absolute atomic E-state index is 0.0643. The summed E-state index contributed by atoms with van der Waals surface area (Å²) in [6.45, 7) is 10.5. The number of nitrogens with zero attached hydrogens (tertiary/aromatic N) is 5. The average Bonchev–Trinajstić information content (AvgIpc) is 3.26. The van der Waals surface area contributed by atoms with Gasteiger partial charge in [-0.05, 0) is 51.8 Å². The van der Waals surface area contributed by atoms with Crippen molar-refractivity contribution in [3.05, 3.63) is 41.2 Å². The van der Waals surface area contributed by atoms with E-state index in [0.717, 1.165) is 24.2 Å². The SMILES string of the molecule is CC1=CC(C)=NC(=O)C1CNC(=O)c1cc(C2=CCN(C(=O)C3CNC3)CC2)nc2c1cnn2C(C)C. The Balaban J connectivity index is 1.41. The molecule has 0 bridgehead atoms. The first kappa shape index (κ1) is 25.0. The first-order valence-electron chi connectivity index (χ1n) is 12.9. The van der Waals surface area contributed by atoms with Crippen molar-refractivity contribution in [3.8, 4) is 0 Å². The van der Waals surface area contributed by atoms with E-state index in [0.29, 0.717) is 47.5 Å². The van der Waals surface area contributed by atoms with Crippen LogP contribution in [0.1, 0.15) is 56.2 Å². The van der Waals surface area contributed by atoms with Crippen LogP contribution in [0.2, 0.25) is 0 Å². The molecule has 1 unspecified atom stereocenters. The molecule has 1 fully saturated rings. The molecule has 194 valence electrons. The predicted molar refractivity (Wildman–Crippen MR) is 141 cm³/mol. The zero-order valence-electron chi connectivity index (χ0n) is 21.7. The lowest BCUT2D eigenvalue weighted by molar-refractivity contribution is -0.136. The van der Waals surface area contributed by atoms with Gasteiger partial charge in [-0.3, -0.25) is 14.4 Å². The fourth-order valence-corrected chi connectivity index (χ4v) is 5.02. The summed E-state index contributed by atoms with van der Waals surface area (Å²) in [5.41, 5.74) is 4.39. The van der Waals surface area contributed by atoms with Gasteiger partial charge in [-0.25, -0.2) is 14.7 Å². The zero-order valence-corrected chi connectivity index (χ0v) is 21.7. The largest absolute Gasteiger partial charge is 0.351 e.